The first-order valence-electron chi connectivity index (χ1n) is 8.23. The number of amides is 2. The predicted molar refractivity (Wildman–Crippen MR) is 89.3 cm³/mol. The van der Waals surface area contributed by atoms with E-state index in [0.717, 1.165) is 18.4 Å². The molecule has 0 spiro atoms. The molecule has 0 aromatic heterocycles. The molecule has 2 N–H and O–H groups in total. The van der Waals surface area contributed by atoms with E-state index in [4.69, 9.17) is 0 Å². The highest BCUT2D eigenvalue weighted by Gasteiger charge is 2.35. The van der Waals surface area contributed by atoms with Gasteiger partial charge in [-0.15, -0.1) is 0 Å². The molecule has 0 aliphatic carbocycles. The molecule has 6 heteroatoms. The number of hydrogen-bond donors (Lipinski definition) is 2. The lowest BCUT2D eigenvalue weighted by Crippen LogP contribution is -2.42. The Morgan fingerprint density at radius 3 is 2.54 bits per heavy atom. The van der Waals surface area contributed by atoms with Crippen LogP contribution in [0.3, 0.4) is 0 Å². The van der Waals surface area contributed by atoms with E-state index in [1.807, 2.05) is 6.92 Å². The maximum atomic E-state index is 12.0. The molecule has 1 heterocycles. The van der Waals surface area contributed by atoms with Crippen LogP contribution in [0.25, 0.3) is 0 Å². The van der Waals surface area contributed by atoms with Gasteiger partial charge in [0.1, 0.15) is 0 Å². The van der Waals surface area contributed by atoms with Crippen molar-refractivity contribution in [3.8, 4) is 0 Å². The molecule has 0 saturated carbocycles. The van der Waals surface area contributed by atoms with E-state index >= 15 is 0 Å². The lowest BCUT2D eigenvalue weighted by molar-refractivity contribution is -0.122. The molecular formula is C18H24N2O4. The van der Waals surface area contributed by atoms with Crippen LogP contribution < -0.4 is 10.6 Å². The Hall–Kier alpha value is -2.37. The van der Waals surface area contributed by atoms with Crippen molar-refractivity contribution >= 4 is 17.8 Å². The molecule has 2 amide bonds. The molecule has 0 radical (unpaired) electrons. The van der Waals surface area contributed by atoms with Crippen LogP contribution >= 0.6 is 0 Å². The molecule has 130 valence electrons. The zero-order chi connectivity index (χ0) is 17.6. The van der Waals surface area contributed by atoms with Crippen LogP contribution in [0.4, 0.5) is 0 Å². The van der Waals surface area contributed by atoms with Gasteiger partial charge in [0.15, 0.2) is 0 Å². The number of nitrogens with one attached hydrogen (secondary N) is 2. The Bertz CT molecular complexity index is 612. The van der Waals surface area contributed by atoms with Gasteiger partial charge >= 0.3 is 5.97 Å². The molecule has 1 aliphatic rings. The smallest absolute Gasteiger partial charge is 0.337 e. The van der Waals surface area contributed by atoms with Crippen molar-refractivity contribution in [2.75, 3.05) is 7.11 Å². The van der Waals surface area contributed by atoms with Crippen LogP contribution in [0.1, 0.15) is 54.9 Å². The van der Waals surface area contributed by atoms with Crippen molar-refractivity contribution in [3.05, 3.63) is 35.4 Å². The van der Waals surface area contributed by atoms with Crippen LogP contribution in [0.5, 0.6) is 0 Å². The van der Waals surface area contributed by atoms with Crippen molar-refractivity contribution < 1.29 is 19.1 Å². The fourth-order valence-corrected chi connectivity index (χ4v) is 2.92. The summed E-state index contributed by atoms with van der Waals surface area (Å²) in [5.41, 5.74) is 1.17. The molecule has 0 unspecified atom stereocenters. The summed E-state index contributed by atoms with van der Waals surface area (Å²) in [4.78, 5) is 34.8. The molecule has 1 aromatic rings. The molecule has 1 saturated heterocycles. The summed E-state index contributed by atoms with van der Waals surface area (Å²) in [6.45, 7) is 2.44. The molecular weight excluding hydrogens is 308 g/mol. The second-order valence-electron chi connectivity index (χ2n) is 6.15. The molecule has 1 fully saturated rings. The third-order valence-corrected chi connectivity index (χ3v) is 4.61. The van der Waals surface area contributed by atoms with Crippen molar-refractivity contribution in [2.45, 2.75) is 51.1 Å². The zero-order valence-corrected chi connectivity index (χ0v) is 14.2. The maximum absolute atomic E-state index is 12.0. The highest BCUT2D eigenvalue weighted by Crippen LogP contribution is 2.28. The summed E-state index contributed by atoms with van der Waals surface area (Å²) < 4.78 is 4.64. The minimum Gasteiger partial charge on any atom is -0.465 e. The van der Waals surface area contributed by atoms with Crippen LogP contribution in [0, 0.1) is 0 Å². The molecule has 1 aromatic carbocycles. The fourth-order valence-electron chi connectivity index (χ4n) is 2.92. The second-order valence-corrected chi connectivity index (χ2v) is 6.15. The lowest BCUT2D eigenvalue weighted by Gasteiger charge is -2.27. The Morgan fingerprint density at radius 1 is 1.29 bits per heavy atom. The average molecular weight is 332 g/mol. The highest BCUT2D eigenvalue weighted by molar-refractivity contribution is 5.89. The van der Waals surface area contributed by atoms with Crippen molar-refractivity contribution in [2.24, 2.45) is 0 Å². The van der Waals surface area contributed by atoms with E-state index in [-0.39, 0.29) is 23.3 Å². The maximum Gasteiger partial charge on any atom is 0.337 e. The van der Waals surface area contributed by atoms with E-state index in [1.165, 1.54) is 7.11 Å². The molecule has 24 heavy (non-hydrogen) atoms. The first-order chi connectivity index (χ1) is 11.5. The predicted octanol–water partition coefficient (Wildman–Crippen LogP) is 1.93. The molecule has 1 aliphatic heterocycles. The van der Waals surface area contributed by atoms with Gasteiger partial charge in [-0.1, -0.05) is 19.1 Å². The van der Waals surface area contributed by atoms with E-state index in [1.54, 1.807) is 24.3 Å². The summed E-state index contributed by atoms with van der Waals surface area (Å²) in [7, 11) is 1.34. The van der Waals surface area contributed by atoms with Crippen molar-refractivity contribution in [3.63, 3.8) is 0 Å². The molecule has 0 bridgehead atoms. The fraction of sp³-hybridized carbons (Fsp3) is 0.500. The van der Waals surface area contributed by atoms with Gasteiger partial charge in [0.25, 0.3) is 0 Å². The number of ether oxygens (including phenoxy) is 1. The Labute approximate surface area is 142 Å². The SMILES string of the molecule is CC[C@@]1(CCC(=O)NCc2ccc(C(=O)OC)cc2)CCC(=O)N1. The standard InChI is InChI=1S/C18H24N2O4/c1-3-18(11-9-16(22)20-18)10-8-15(21)19-12-13-4-6-14(7-5-13)17(23)24-2/h4-7H,3,8-12H2,1-2H3,(H,19,21)(H,20,22)/t18-/m1/s1. The van der Waals surface area contributed by atoms with Crippen LogP contribution in [-0.4, -0.2) is 30.4 Å². The normalized spacial score (nSPS) is 19.7. The van der Waals surface area contributed by atoms with E-state index < -0.39 is 0 Å². The first-order valence-corrected chi connectivity index (χ1v) is 8.23. The van der Waals surface area contributed by atoms with Gasteiger partial charge in [-0.05, 0) is 37.0 Å². The third kappa shape index (κ3) is 4.57. The monoisotopic (exact) mass is 332 g/mol. The lowest BCUT2D eigenvalue weighted by atomic mass is 9.89. The highest BCUT2D eigenvalue weighted by atomic mass is 16.5. The Balaban J connectivity index is 1.79. The van der Waals surface area contributed by atoms with Gasteiger partial charge in [0.05, 0.1) is 12.7 Å². The minimum absolute atomic E-state index is 0.0407. The van der Waals surface area contributed by atoms with E-state index in [2.05, 4.69) is 15.4 Å². The third-order valence-electron chi connectivity index (χ3n) is 4.61. The number of benzene rings is 1. The van der Waals surface area contributed by atoms with Crippen LogP contribution in [0.15, 0.2) is 24.3 Å². The largest absolute Gasteiger partial charge is 0.465 e. The Morgan fingerprint density at radius 2 is 2.00 bits per heavy atom. The van der Waals surface area contributed by atoms with Gasteiger partial charge in [0.2, 0.25) is 11.8 Å². The number of methoxy groups -OCH3 is 1. The van der Waals surface area contributed by atoms with Crippen LogP contribution in [-0.2, 0) is 20.9 Å². The van der Waals surface area contributed by atoms with Gasteiger partial charge in [-0.2, -0.15) is 0 Å². The summed E-state index contributed by atoms with van der Waals surface area (Å²) in [5, 5.41) is 5.88. The van der Waals surface area contributed by atoms with Gasteiger partial charge in [-0.25, -0.2) is 4.79 Å². The number of rotatable bonds is 7. The van der Waals surface area contributed by atoms with E-state index in [9.17, 15) is 14.4 Å². The summed E-state index contributed by atoms with van der Waals surface area (Å²) in [6.07, 6.45) is 3.21. The quantitative estimate of drug-likeness (QED) is 0.747. The van der Waals surface area contributed by atoms with Crippen molar-refractivity contribution in [1.82, 2.24) is 10.6 Å². The molecule has 6 nitrogen and oxygen atoms in total. The topological polar surface area (TPSA) is 84.5 Å². The average Bonchev–Trinajstić information content (AvgIpc) is 2.99. The zero-order valence-electron chi connectivity index (χ0n) is 14.2. The summed E-state index contributed by atoms with van der Waals surface area (Å²) >= 11 is 0. The van der Waals surface area contributed by atoms with Gasteiger partial charge in [0, 0.05) is 24.9 Å². The summed E-state index contributed by atoms with van der Waals surface area (Å²) in [5.74, 6) is -0.349. The first kappa shape index (κ1) is 18.0. The van der Waals surface area contributed by atoms with Gasteiger partial charge in [-0.3, -0.25) is 9.59 Å². The summed E-state index contributed by atoms with van der Waals surface area (Å²) in [6, 6.07) is 6.93. The minimum atomic E-state index is -0.381. The number of esters is 1. The van der Waals surface area contributed by atoms with Crippen LogP contribution in [0.2, 0.25) is 0 Å². The van der Waals surface area contributed by atoms with Gasteiger partial charge < -0.3 is 15.4 Å². The number of hydrogen-bond acceptors (Lipinski definition) is 4. The Kier molecular flexibility index (Phi) is 5.95. The van der Waals surface area contributed by atoms with Crippen molar-refractivity contribution in [1.29, 1.82) is 0 Å². The number of carbonyl (C=O) groups excluding carboxylic acids is 3. The van der Waals surface area contributed by atoms with E-state index in [0.29, 0.717) is 31.4 Å². The molecule has 1 atom stereocenters. The molecule has 2 rings (SSSR count). The second kappa shape index (κ2) is 7.95. The number of carbonyl (C=O) groups is 3.